The van der Waals surface area contributed by atoms with Crippen molar-refractivity contribution in [2.45, 2.75) is 19.4 Å². The van der Waals surface area contributed by atoms with Gasteiger partial charge in [-0.3, -0.25) is 4.79 Å². The highest BCUT2D eigenvalue weighted by atomic mass is 16.5. The summed E-state index contributed by atoms with van der Waals surface area (Å²) >= 11 is 0. The summed E-state index contributed by atoms with van der Waals surface area (Å²) in [4.78, 5) is 11.1. The van der Waals surface area contributed by atoms with Crippen molar-refractivity contribution in [1.82, 2.24) is 5.32 Å². The van der Waals surface area contributed by atoms with Crippen LogP contribution in [0.5, 0.6) is 0 Å². The molecule has 0 bridgehead atoms. The number of amides is 1. The molecule has 1 heterocycles. The van der Waals surface area contributed by atoms with Crippen molar-refractivity contribution in [1.29, 1.82) is 0 Å². The lowest BCUT2D eigenvalue weighted by Crippen LogP contribution is -2.37. The largest absolute Gasteiger partial charge is 0.379 e. The van der Waals surface area contributed by atoms with E-state index < -0.39 is 0 Å². The summed E-state index contributed by atoms with van der Waals surface area (Å²) in [5, 5.41) is 2.82. The number of hydrogen-bond donors (Lipinski definition) is 1. The summed E-state index contributed by atoms with van der Waals surface area (Å²) < 4.78 is 10.1. The second-order valence-electron chi connectivity index (χ2n) is 2.77. The Hall–Kier alpha value is -0.610. The monoisotopic (exact) mass is 173 g/mol. The van der Waals surface area contributed by atoms with Crippen molar-refractivity contribution in [2.24, 2.45) is 0 Å². The van der Waals surface area contributed by atoms with Crippen molar-refractivity contribution in [3.63, 3.8) is 0 Å². The molecule has 4 nitrogen and oxygen atoms in total. The Bertz CT molecular complexity index is 143. The molecule has 0 radical (unpaired) electrons. The van der Waals surface area contributed by atoms with Crippen LogP contribution in [0.15, 0.2) is 0 Å². The SMILES string of the molecule is CCOCC(=O)NC1CCOC1. The molecular formula is C8H15NO3. The maximum atomic E-state index is 11.1. The van der Waals surface area contributed by atoms with Gasteiger partial charge in [-0.1, -0.05) is 0 Å². The average molecular weight is 173 g/mol. The molecule has 0 aromatic heterocycles. The molecule has 12 heavy (non-hydrogen) atoms. The van der Waals surface area contributed by atoms with Gasteiger partial charge in [-0.05, 0) is 13.3 Å². The van der Waals surface area contributed by atoms with Gasteiger partial charge in [0.2, 0.25) is 5.91 Å². The summed E-state index contributed by atoms with van der Waals surface area (Å²) in [7, 11) is 0. The topological polar surface area (TPSA) is 47.6 Å². The minimum atomic E-state index is -0.0487. The van der Waals surface area contributed by atoms with Crippen LogP contribution in [0.25, 0.3) is 0 Å². The highest BCUT2D eigenvalue weighted by Gasteiger charge is 2.17. The van der Waals surface area contributed by atoms with E-state index in [0.717, 1.165) is 13.0 Å². The Morgan fingerprint density at radius 3 is 3.17 bits per heavy atom. The molecule has 0 spiro atoms. The fraction of sp³-hybridized carbons (Fsp3) is 0.875. The van der Waals surface area contributed by atoms with Crippen LogP contribution in [0.4, 0.5) is 0 Å². The third-order valence-corrected chi connectivity index (χ3v) is 1.73. The Morgan fingerprint density at radius 1 is 1.75 bits per heavy atom. The molecule has 0 aromatic carbocycles. The van der Waals surface area contributed by atoms with Gasteiger partial charge in [0, 0.05) is 13.2 Å². The van der Waals surface area contributed by atoms with Crippen LogP contribution in [-0.2, 0) is 14.3 Å². The number of carbonyl (C=O) groups excluding carboxylic acids is 1. The number of nitrogens with one attached hydrogen (secondary N) is 1. The summed E-state index contributed by atoms with van der Waals surface area (Å²) in [6.45, 7) is 3.99. The maximum absolute atomic E-state index is 11.1. The van der Waals surface area contributed by atoms with E-state index in [1.807, 2.05) is 6.92 Å². The lowest BCUT2D eigenvalue weighted by molar-refractivity contribution is -0.126. The molecule has 1 rings (SSSR count). The zero-order valence-corrected chi connectivity index (χ0v) is 7.34. The van der Waals surface area contributed by atoms with Crippen LogP contribution >= 0.6 is 0 Å². The van der Waals surface area contributed by atoms with E-state index >= 15 is 0 Å². The number of carbonyl (C=O) groups is 1. The molecule has 1 amide bonds. The Kier molecular flexibility index (Phi) is 4.04. The highest BCUT2D eigenvalue weighted by Crippen LogP contribution is 2.02. The van der Waals surface area contributed by atoms with Gasteiger partial charge in [-0.15, -0.1) is 0 Å². The van der Waals surface area contributed by atoms with E-state index in [1.54, 1.807) is 0 Å². The predicted octanol–water partition coefficient (Wildman–Crippen LogP) is -0.0720. The smallest absolute Gasteiger partial charge is 0.246 e. The van der Waals surface area contributed by atoms with Gasteiger partial charge in [0.05, 0.1) is 12.6 Å². The fourth-order valence-electron chi connectivity index (χ4n) is 1.11. The molecular weight excluding hydrogens is 158 g/mol. The molecule has 1 atom stereocenters. The van der Waals surface area contributed by atoms with Gasteiger partial charge in [-0.25, -0.2) is 0 Å². The maximum Gasteiger partial charge on any atom is 0.246 e. The van der Waals surface area contributed by atoms with Crippen molar-refractivity contribution in [2.75, 3.05) is 26.4 Å². The molecule has 1 aliphatic rings. The first-order chi connectivity index (χ1) is 5.83. The van der Waals surface area contributed by atoms with E-state index in [1.165, 1.54) is 0 Å². The van der Waals surface area contributed by atoms with E-state index in [-0.39, 0.29) is 18.6 Å². The third kappa shape index (κ3) is 3.19. The predicted molar refractivity (Wildman–Crippen MR) is 43.9 cm³/mol. The second-order valence-corrected chi connectivity index (χ2v) is 2.77. The van der Waals surface area contributed by atoms with Crippen LogP contribution in [0.2, 0.25) is 0 Å². The first-order valence-corrected chi connectivity index (χ1v) is 4.27. The number of rotatable bonds is 4. The van der Waals surface area contributed by atoms with E-state index in [0.29, 0.717) is 13.2 Å². The molecule has 0 aliphatic carbocycles. The van der Waals surface area contributed by atoms with Crippen molar-refractivity contribution in [3.05, 3.63) is 0 Å². The van der Waals surface area contributed by atoms with Gasteiger partial charge in [-0.2, -0.15) is 0 Å². The lowest BCUT2D eigenvalue weighted by atomic mass is 10.2. The third-order valence-electron chi connectivity index (χ3n) is 1.73. The van der Waals surface area contributed by atoms with Gasteiger partial charge in [0.25, 0.3) is 0 Å². The van der Waals surface area contributed by atoms with Crippen LogP contribution < -0.4 is 5.32 Å². The molecule has 1 unspecified atom stereocenters. The molecule has 1 N–H and O–H groups in total. The van der Waals surface area contributed by atoms with E-state index in [9.17, 15) is 4.79 Å². The van der Waals surface area contributed by atoms with E-state index in [2.05, 4.69) is 5.32 Å². The zero-order chi connectivity index (χ0) is 8.81. The lowest BCUT2D eigenvalue weighted by Gasteiger charge is -2.09. The quantitative estimate of drug-likeness (QED) is 0.647. The van der Waals surface area contributed by atoms with Crippen LogP contribution in [0.1, 0.15) is 13.3 Å². The minimum absolute atomic E-state index is 0.0487. The molecule has 0 saturated carbocycles. The Labute approximate surface area is 72.2 Å². The van der Waals surface area contributed by atoms with Gasteiger partial charge in [0.15, 0.2) is 0 Å². The first-order valence-electron chi connectivity index (χ1n) is 4.27. The normalized spacial score (nSPS) is 22.6. The summed E-state index contributed by atoms with van der Waals surface area (Å²) in [6.07, 6.45) is 0.915. The molecule has 70 valence electrons. The molecule has 0 aromatic rings. The molecule has 1 saturated heterocycles. The van der Waals surface area contributed by atoms with Gasteiger partial charge < -0.3 is 14.8 Å². The molecule has 1 aliphatic heterocycles. The van der Waals surface area contributed by atoms with Crippen molar-refractivity contribution < 1.29 is 14.3 Å². The summed E-state index contributed by atoms with van der Waals surface area (Å²) in [6, 6.07) is 0.193. The van der Waals surface area contributed by atoms with Gasteiger partial charge >= 0.3 is 0 Å². The summed E-state index contributed by atoms with van der Waals surface area (Å²) in [5.41, 5.74) is 0. The number of ether oxygens (including phenoxy) is 2. The summed E-state index contributed by atoms with van der Waals surface area (Å²) in [5.74, 6) is -0.0487. The van der Waals surface area contributed by atoms with Crippen molar-refractivity contribution >= 4 is 5.91 Å². The molecule has 1 fully saturated rings. The van der Waals surface area contributed by atoms with Crippen LogP contribution in [0.3, 0.4) is 0 Å². The number of hydrogen-bond acceptors (Lipinski definition) is 3. The van der Waals surface area contributed by atoms with E-state index in [4.69, 9.17) is 9.47 Å². The minimum Gasteiger partial charge on any atom is -0.379 e. The highest BCUT2D eigenvalue weighted by molar-refractivity contribution is 5.77. The first kappa shape index (κ1) is 9.48. The average Bonchev–Trinajstić information content (AvgIpc) is 2.53. The van der Waals surface area contributed by atoms with Crippen LogP contribution in [-0.4, -0.2) is 38.4 Å². The van der Waals surface area contributed by atoms with Gasteiger partial charge in [0.1, 0.15) is 6.61 Å². The Morgan fingerprint density at radius 2 is 2.58 bits per heavy atom. The van der Waals surface area contributed by atoms with Crippen molar-refractivity contribution in [3.8, 4) is 0 Å². The standard InChI is InChI=1S/C8H15NO3/c1-2-11-6-8(10)9-7-3-4-12-5-7/h7H,2-6H2,1H3,(H,9,10). The van der Waals surface area contributed by atoms with Crippen LogP contribution in [0, 0.1) is 0 Å². The molecule has 4 heteroatoms. The second kappa shape index (κ2) is 5.11. The zero-order valence-electron chi connectivity index (χ0n) is 7.34. The fourth-order valence-corrected chi connectivity index (χ4v) is 1.11. The Balaban J connectivity index is 2.08.